The summed E-state index contributed by atoms with van der Waals surface area (Å²) in [6.45, 7) is 2.86. The first-order valence-corrected chi connectivity index (χ1v) is 10.2. The second-order valence-corrected chi connectivity index (χ2v) is 7.46. The Bertz CT molecular complexity index is 1360. The van der Waals surface area contributed by atoms with E-state index in [9.17, 15) is 4.79 Å². The molecule has 1 amide bonds. The van der Waals surface area contributed by atoms with Crippen molar-refractivity contribution >= 4 is 17.0 Å². The largest absolute Gasteiger partial charge is 0.348 e. The highest BCUT2D eigenvalue weighted by atomic mass is 16.5. The van der Waals surface area contributed by atoms with Crippen LogP contribution in [0.5, 0.6) is 0 Å². The normalized spacial score (nSPS) is 11.0. The van der Waals surface area contributed by atoms with E-state index in [0.717, 1.165) is 16.7 Å². The standard InChI is InChI=1S/C24H20N6O2/c1-16-22-20(11-21(28-24(22)32-29-16)19-5-3-2-4-6-19)23(31)26-12-17-7-9-18(10-8-17)13-30-15-25-14-27-30/h2-11,14-15H,12-13H2,1H3,(H,26,31). The molecule has 0 aliphatic carbocycles. The predicted molar refractivity (Wildman–Crippen MR) is 119 cm³/mol. The van der Waals surface area contributed by atoms with E-state index in [-0.39, 0.29) is 5.91 Å². The third kappa shape index (κ3) is 3.98. The monoisotopic (exact) mass is 424 g/mol. The molecular formula is C24H20N6O2. The lowest BCUT2D eigenvalue weighted by molar-refractivity contribution is 0.0952. The van der Waals surface area contributed by atoms with E-state index in [0.29, 0.717) is 41.1 Å². The van der Waals surface area contributed by atoms with Crippen LogP contribution >= 0.6 is 0 Å². The number of pyridine rings is 1. The molecule has 5 aromatic rings. The number of hydrogen-bond acceptors (Lipinski definition) is 6. The van der Waals surface area contributed by atoms with Gasteiger partial charge in [0.1, 0.15) is 12.7 Å². The molecule has 2 aromatic carbocycles. The summed E-state index contributed by atoms with van der Waals surface area (Å²) in [6, 6.07) is 19.5. The summed E-state index contributed by atoms with van der Waals surface area (Å²) in [5.74, 6) is -0.201. The Morgan fingerprint density at radius 1 is 1.06 bits per heavy atom. The van der Waals surface area contributed by atoms with Gasteiger partial charge in [0.2, 0.25) is 0 Å². The number of aromatic nitrogens is 5. The van der Waals surface area contributed by atoms with E-state index in [4.69, 9.17) is 4.52 Å². The maximum absolute atomic E-state index is 13.1. The maximum atomic E-state index is 13.1. The summed E-state index contributed by atoms with van der Waals surface area (Å²) in [6.07, 6.45) is 3.19. The molecular weight excluding hydrogens is 404 g/mol. The van der Waals surface area contributed by atoms with E-state index in [2.05, 4.69) is 25.5 Å². The number of hydrogen-bond donors (Lipinski definition) is 1. The lowest BCUT2D eigenvalue weighted by atomic mass is 10.0. The van der Waals surface area contributed by atoms with E-state index < -0.39 is 0 Å². The minimum atomic E-state index is -0.201. The van der Waals surface area contributed by atoms with Crippen molar-refractivity contribution in [1.82, 2.24) is 30.2 Å². The van der Waals surface area contributed by atoms with Gasteiger partial charge in [-0.1, -0.05) is 59.8 Å². The van der Waals surface area contributed by atoms with Gasteiger partial charge in [0.05, 0.1) is 28.9 Å². The van der Waals surface area contributed by atoms with Gasteiger partial charge in [0, 0.05) is 12.1 Å². The van der Waals surface area contributed by atoms with Crippen LogP contribution in [0.2, 0.25) is 0 Å². The summed E-state index contributed by atoms with van der Waals surface area (Å²) in [7, 11) is 0. The minimum absolute atomic E-state index is 0.201. The Morgan fingerprint density at radius 3 is 2.59 bits per heavy atom. The van der Waals surface area contributed by atoms with Crippen molar-refractivity contribution in [3.8, 4) is 11.3 Å². The van der Waals surface area contributed by atoms with Gasteiger partial charge in [-0.25, -0.2) is 14.6 Å². The van der Waals surface area contributed by atoms with Gasteiger partial charge in [0.15, 0.2) is 0 Å². The van der Waals surface area contributed by atoms with Crippen LogP contribution in [0.3, 0.4) is 0 Å². The maximum Gasteiger partial charge on any atom is 0.259 e. The Labute approximate surface area is 183 Å². The van der Waals surface area contributed by atoms with E-state index in [1.54, 1.807) is 24.0 Å². The molecule has 32 heavy (non-hydrogen) atoms. The molecule has 0 atom stereocenters. The number of carbonyl (C=O) groups excluding carboxylic acids is 1. The van der Waals surface area contributed by atoms with Crippen molar-refractivity contribution in [2.45, 2.75) is 20.0 Å². The average Bonchev–Trinajstić information content (AvgIpc) is 3.48. The second kappa shape index (κ2) is 8.43. The molecule has 8 heteroatoms. The SMILES string of the molecule is Cc1noc2nc(-c3ccccc3)cc(C(=O)NCc3ccc(Cn4cncn4)cc3)c12. The van der Waals surface area contributed by atoms with E-state index >= 15 is 0 Å². The van der Waals surface area contributed by atoms with E-state index in [1.807, 2.05) is 54.6 Å². The Morgan fingerprint density at radius 2 is 1.84 bits per heavy atom. The first-order valence-electron chi connectivity index (χ1n) is 10.2. The number of carbonyl (C=O) groups is 1. The van der Waals surface area contributed by atoms with Crippen molar-refractivity contribution in [3.05, 3.63) is 95.7 Å². The van der Waals surface area contributed by atoms with E-state index in [1.165, 1.54) is 6.33 Å². The van der Waals surface area contributed by atoms with Crippen LogP contribution in [0, 0.1) is 6.92 Å². The number of amides is 1. The molecule has 0 spiro atoms. The number of nitrogens with zero attached hydrogens (tertiary/aromatic N) is 5. The summed E-state index contributed by atoms with van der Waals surface area (Å²) in [4.78, 5) is 21.6. The van der Waals surface area contributed by atoms with Gasteiger partial charge >= 0.3 is 0 Å². The summed E-state index contributed by atoms with van der Waals surface area (Å²) >= 11 is 0. The molecule has 158 valence electrons. The molecule has 1 N–H and O–H groups in total. The molecule has 0 unspecified atom stereocenters. The second-order valence-electron chi connectivity index (χ2n) is 7.46. The number of benzene rings is 2. The first kappa shape index (κ1) is 19.6. The molecule has 3 heterocycles. The van der Waals surface area contributed by atoms with Gasteiger partial charge in [-0.3, -0.25) is 4.79 Å². The van der Waals surface area contributed by atoms with Gasteiger partial charge in [-0.2, -0.15) is 5.10 Å². The highest BCUT2D eigenvalue weighted by Crippen LogP contribution is 2.27. The zero-order valence-corrected chi connectivity index (χ0v) is 17.4. The number of aryl methyl sites for hydroxylation is 1. The zero-order valence-electron chi connectivity index (χ0n) is 17.4. The van der Waals surface area contributed by atoms with Gasteiger partial charge in [-0.15, -0.1) is 0 Å². The fourth-order valence-corrected chi connectivity index (χ4v) is 3.57. The van der Waals surface area contributed by atoms with Crippen molar-refractivity contribution in [2.75, 3.05) is 0 Å². The molecule has 0 aliphatic rings. The van der Waals surface area contributed by atoms with Gasteiger partial charge in [-0.05, 0) is 24.1 Å². The Balaban J connectivity index is 1.36. The van der Waals surface area contributed by atoms with Crippen molar-refractivity contribution in [2.24, 2.45) is 0 Å². The van der Waals surface area contributed by atoms with Gasteiger partial charge < -0.3 is 9.84 Å². The van der Waals surface area contributed by atoms with Crippen LogP contribution < -0.4 is 5.32 Å². The van der Waals surface area contributed by atoms with Crippen LogP contribution in [-0.4, -0.2) is 30.8 Å². The minimum Gasteiger partial charge on any atom is -0.348 e. The van der Waals surface area contributed by atoms with Gasteiger partial charge in [0.25, 0.3) is 11.6 Å². The number of rotatable bonds is 6. The van der Waals surface area contributed by atoms with Crippen molar-refractivity contribution in [1.29, 1.82) is 0 Å². The molecule has 0 aliphatic heterocycles. The molecule has 0 radical (unpaired) electrons. The number of fused-ring (bicyclic) bond motifs is 1. The topological polar surface area (TPSA) is 98.7 Å². The van der Waals surface area contributed by atoms with Crippen LogP contribution in [0.25, 0.3) is 22.4 Å². The lowest BCUT2D eigenvalue weighted by Gasteiger charge is -2.09. The van der Waals surface area contributed by atoms with Crippen LogP contribution in [0.15, 0.2) is 77.8 Å². The molecule has 0 fully saturated rings. The molecule has 5 rings (SSSR count). The van der Waals surface area contributed by atoms with Crippen LogP contribution in [-0.2, 0) is 13.1 Å². The highest BCUT2D eigenvalue weighted by Gasteiger charge is 2.19. The smallest absolute Gasteiger partial charge is 0.259 e. The van der Waals surface area contributed by atoms with Crippen LogP contribution in [0.1, 0.15) is 27.2 Å². The fourth-order valence-electron chi connectivity index (χ4n) is 3.57. The highest BCUT2D eigenvalue weighted by molar-refractivity contribution is 6.06. The molecule has 8 nitrogen and oxygen atoms in total. The number of nitrogens with one attached hydrogen (secondary N) is 1. The summed E-state index contributed by atoms with van der Waals surface area (Å²) in [5.41, 5.74) is 5.15. The van der Waals surface area contributed by atoms with Crippen molar-refractivity contribution < 1.29 is 9.32 Å². The first-order chi connectivity index (χ1) is 15.7. The third-order valence-corrected chi connectivity index (χ3v) is 5.22. The lowest BCUT2D eigenvalue weighted by Crippen LogP contribution is -2.23. The molecule has 0 saturated carbocycles. The molecule has 3 aromatic heterocycles. The fraction of sp³-hybridized carbons (Fsp3) is 0.125. The summed E-state index contributed by atoms with van der Waals surface area (Å²) in [5, 5.41) is 11.8. The van der Waals surface area contributed by atoms with Crippen LogP contribution in [0.4, 0.5) is 0 Å². The quantitative estimate of drug-likeness (QED) is 0.446. The predicted octanol–water partition coefficient (Wildman–Crippen LogP) is 3.77. The summed E-state index contributed by atoms with van der Waals surface area (Å²) < 4.78 is 7.13. The average molecular weight is 424 g/mol. The molecule has 0 bridgehead atoms. The third-order valence-electron chi connectivity index (χ3n) is 5.22. The van der Waals surface area contributed by atoms with Crippen molar-refractivity contribution in [3.63, 3.8) is 0 Å². The Kier molecular flexibility index (Phi) is 5.17. The molecule has 0 saturated heterocycles. The zero-order chi connectivity index (χ0) is 21.9. The Hall–Kier alpha value is -4.33.